The Morgan fingerprint density at radius 2 is 1.96 bits per heavy atom. The number of ether oxygens (including phenoxy) is 2. The van der Waals surface area contributed by atoms with Gasteiger partial charge in [-0.05, 0) is 31.5 Å². The minimum Gasteiger partial charge on any atom is -0.453 e. The summed E-state index contributed by atoms with van der Waals surface area (Å²) in [5.74, 6) is 0.744. The zero-order valence-electron chi connectivity index (χ0n) is 14.2. The predicted octanol–water partition coefficient (Wildman–Crippen LogP) is 1.95. The van der Waals surface area contributed by atoms with Crippen LogP contribution < -0.4 is 16.0 Å². The van der Waals surface area contributed by atoms with Gasteiger partial charge in [0.1, 0.15) is 0 Å². The monoisotopic (exact) mass is 322 g/mol. The largest absolute Gasteiger partial charge is 0.453 e. The van der Waals surface area contributed by atoms with Gasteiger partial charge in [0.2, 0.25) is 0 Å². The number of rotatable bonds is 7. The van der Waals surface area contributed by atoms with E-state index in [9.17, 15) is 4.79 Å². The van der Waals surface area contributed by atoms with Crippen LogP contribution in [-0.2, 0) is 16.0 Å². The van der Waals surface area contributed by atoms with E-state index in [0.29, 0.717) is 18.8 Å². The zero-order valence-corrected chi connectivity index (χ0v) is 14.2. The Balaban J connectivity index is 2.62. The molecule has 0 bridgehead atoms. The number of aliphatic imine (C=N–C) groups is 1. The lowest BCUT2D eigenvalue weighted by atomic mass is 10.2. The van der Waals surface area contributed by atoms with Gasteiger partial charge < -0.3 is 20.1 Å². The van der Waals surface area contributed by atoms with Crippen LogP contribution in [0.15, 0.2) is 29.3 Å². The Morgan fingerprint density at radius 1 is 1.26 bits per heavy atom. The lowest BCUT2D eigenvalue weighted by molar-refractivity contribution is 0.179. The van der Waals surface area contributed by atoms with Crippen LogP contribution in [0.1, 0.15) is 19.4 Å². The number of hydrogen-bond donors (Lipinski definition) is 3. The van der Waals surface area contributed by atoms with Gasteiger partial charge in [-0.15, -0.1) is 0 Å². The van der Waals surface area contributed by atoms with Gasteiger partial charge in [-0.1, -0.05) is 12.1 Å². The van der Waals surface area contributed by atoms with E-state index in [1.54, 1.807) is 7.11 Å². The highest BCUT2D eigenvalue weighted by Gasteiger charge is 2.04. The molecular formula is C16H26N4O3. The topological polar surface area (TPSA) is 84.0 Å². The molecule has 1 unspecified atom stereocenters. The summed E-state index contributed by atoms with van der Waals surface area (Å²) in [7, 11) is 3.00. The van der Waals surface area contributed by atoms with E-state index in [4.69, 9.17) is 4.74 Å². The van der Waals surface area contributed by atoms with Crippen LogP contribution in [0.25, 0.3) is 0 Å². The first-order chi connectivity index (χ1) is 11.1. The van der Waals surface area contributed by atoms with Gasteiger partial charge in [0.15, 0.2) is 5.96 Å². The first kappa shape index (κ1) is 18.8. The molecule has 23 heavy (non-hydrogen) atoms. The van der Waals surface area contributed by atoms with Crippen LogP contribution in [0.2, 0.25) is 0 Å². The molecule has 128 valence electrons. The second-order valence-electron chi connectivity index (χ2n) is 5.01. The zero-order chi connectivity index (χ0) is 17.1. The molecule has 1 aromatic carbocycles. The Labute approximate surface area is 137 Å². The summed E-state index contributed by atoms with van der Waals surface area (Å²) < 4.78 is 9.66. The maximum absolute atomic E-state index is 11.1. The Bertz CT molecular complexity index is 503. The van der Waals surface area contributed by atoms with Gasteiger partial charge in [0.25, 0.3) is 0 Å². The summed E-state index contributed by atoms with van der Waals surface area (Å²) in [5.41, 5.74) is 1.72. The number of guanidine groups is 1. The second-order valence-corrected chi connectivity index (χ2v) is 5.01. The van der Waals surface area contributed by atoms with E-state index < -0.39 is 6.09 Å². The third kappa shape index (κ3) is 7.51. The molecule has 0 aliphatic rings. The number of carbonyl (C=O) groups excluding carboxylic acids is 1. The first-order valence-electron chi connectivity index (χ1n) is 7.56. The Kier molecular flexibility index (Phi) is 8.52. The van der Waals surface area contributed by atoms with Crippen LogP contribution in [-0.4, -0.2) is 45.5 Å². The van der Waals surface area contributed by atoms with Gasteiger partial charge >= 0.3 is 6.09 Å². The van der Waals surface area contributed by atoms with E-state index in [1.807, 2.05) is 38.1 Å². The smallest absolute Gasteiger partial charge is 0.411 e. The van der Waals surface area contributed by atoms with Crippen LogP contribution in [0, 0.1) is 0 Å². The number of methoxy groups -OCH3 is 2. The lowest BCUT2D eigenvalue weighted by Gasteiger charge is -2.17. The second kappa shape index (κ2) is 10.4. The number of anilines is 1. The minimum atomic E-state index is -0.485. The van der Waals surface area contributed by atoms with E-state index in [-0.39, 0.29) is 6.04 Å². The molecule has 0 saturated carbocycles. The van der Waals surface area contributed by atoms with Crippen LogP contribution in [0.5, 0.6) is 0 Å². The molecule has 3 N–H and O–H groups in total. The molecule has 0 spiro atoms. The molecular weight excluding hydrogens is 296 g/mol. The van der Waals surface area contributed by atoms with Gasteiger partial charge in [-0.2, -0.15) is 0 Å². The summed E-state index contributed by atoms with van der Waals surface area (Å²) in [6.45, 7) is 5.98. The molecule has 1 atom stereocenters. The summed E-state index contributed by atoms with van der Waals surface area (Å²) >= 11 is 0. The van der Waals surface area contributed by atoms with Crippen LogP contribution >= 0.6 is 0 Å². The van der Waals surface area contributed by atoms with Crippen molar-refractivity contribution in [2.24, 2.45) is 4.99 Å². The minimum absolute atomic E-state index is 0.171. The predicted molar refractivity (Wildman–Crippen MR) is 91.8 cm³/mol. The molecule has 0 saturated heterocycles. The molecule has 1 rings (SSSR count). The van der Waals surface area contributed by atoms with E-state index in [1.165, 1.54) is 7.11 Å². The maximum atomic E-state index is 11.1. The number of amides is 1. The quantitative estimate of drug-likeness (QED) is 0.528. The van der Waals surface area contributed by atoms with Crippen molar-refractivity contribution < 1.29 is 14.3 Å². The van der Waals surface area contributed by atoms with Gasteiger partial charge in [0, 0.05) is 25.4 Å². The number of nitrogens with one attached hydrogen (secondary N) is 3. The number of hydrogen-bond acceptors (Lipinski definition) is 4. The third-order valence-electron chi connectivity index (χ3n) is 2.95. The van der Waals surface area contributed by atoms with Crippen LogP contribution in [0.4, 0.5) is 10.5 Å². The van der Waals surface area contributed by atoms with Crippen molar-refractivity contribution in [3.05, 3.63) is 29.8 Å². The SMILES string of the molecule is CCNC(=NCc1ccc(NC(=O)OC)cc1)NC(C)COC. The summed E-state index contributed by atoms with van der Waals surface area (Å²) in [5, 5.41) is 9.08. The maximum Gasteiger partial charge on any atom is 0.411 e. The summed E-state index contributed by atoms with van der Waals surface area (Å²) in [6, 6.07) is 7.63. The fourth-order valence-electron chi connectivity index (χ4n) is 1.88. The highest BCUT2D eigenvalue weighted by molar-refractivity contribution is 5.84. The number of carbonyl (C=O) groups is 1. The van der Waals surface area contributed by atoms with Crippen LogP contribution in [0.3, 0.4) is 0 Å². The average Bonchev–Trinajstić information content (AvgIpc) is 2.54. The fraction of sp³-hybridized carbons (Fsp3) is 0.500. The van der Waals surface area contributed by atoms with E-state index in [2.05, 4.69) is 25.7 Å². The molecule has 7 nitrogen and oxygen atoms in total. The van der Waals surface area contributed by atoms with Crippen molar-refractivity contribution in [3.8, 4) is 0 Å². The van der Waals surface area contributed by atoms with Crippen molar-refractivity contribution in [1.29, 1.82) is 0 Å². The van der Waals surface area contributed by atoms with Crippen molar-refractivity contribution in [3.63, 3.8) is 0 Å². The van der Waals surface area contributed by atoms with Gasteiger partial charge in [-0.3, -0.25) is 5.32 Å². The summed E-state index contributed by atoms with van der Waals surface area (Å²) in [6.07, 6.45) is -0.485. The molecule has 0 radical (unpaired) electrons. The molecule has 0 heterocycles. The van der Waals surface area contributed by atoms with E-state index >= 15 is 0 Å². The highest BCUT2D eigenvalue weighted by atomic mass is 16.5. The molecule has 0 aromatic heterocycles. The molecule has 1 aromatic rings. The van der Waals surface area contributed by atoms with Gasteiger partial charge in [-0.25, -0.2) is 9.79 Å². The number of nitrogens with zero attached hydrogens (tertiary/aromatic N) is 1. The van der Waals surface area contributed by atoms with Crippen molar-refractivity contribution in [2.45, 2.75) is 26.4 Å². The summed E-state index contributed by atoms with van der Waals surface area (Å²) in [4.78, 5) is 15.7. The van der Waals surface area contributed by atoms with Gasteiger partial charge in [0.05, 0.1) is 20.3 Å². The Hall–Kier alpha value is -2.28. The fourth-order valence-corrected chi connectivity index (χ4v) is 1.88. The lowest BCUT2D eigenvalue weighted by Crippen LogP contribution is -2.43. The third-order valence-corrected chi connectivity index (χ3v) is 2.95. The molecule has 0 aliphatic heterocycles. The molecule has 1 amide bonds. The normalized spacial score (nSPS) is 12.4. The average molecular weight is 322 g/mol. The molecule has 0 aliphatic carbocycles. The van der Waals surface area contributed by atoms with Crippen molar-refractivity contribution in [2.75, 3.05) is 32.7 Å². The molecule has 0 fully saturated rings. The number of benzene rings is 1. The van der Waals surface area contributed by atoms with Crippen molar-refractivity contribution >= 4 is 17.7 Å². The van der Waals surface area contributed by atoms with E-state index in [0.717, 1.165) is 18.1 Å². The highest BCUT2D eigenvalue weighted by Crippen LogP contribution is 2.10. The van der Waals surface area contributed by atoms with Crippen molar-refractivity contribution in [1.82, 2.24) is 10.6 Å². The molecule has 7 heteroatoms. The Morgan fingerprint density at radius 3 is 2.52 bits per heavy atom. The first-order valence-corrected chi connectivity index (χ1v) is 7.56. The standard InChI is InChI=1S/C16H26N4O3/c1-5-17-15(19-12(2)11-22-3)18-10-13-6-8-14(9-7-13)20-16(21)23-4/h6-9,12H,5,10-11H2,1-4H3,(H,20,21)(H2,17,18,19).